The molecule has 0 radical (unpaired) electrons. The second-order valence-corrected chi connectivity index (χ2v) is 6.40. The summed E-state index contributed by atoms with van der Waals surface area (Å²) >= 11 is 0. The summed E-state index contributed by atoms with van der Waals surface area (Å²) in [6.45, 7) is 4.27. The molecule has 0 unspecified atom stereocenters. The number of anilines is 1. The largest absolute Gasteiger partial charge is 0.383 e. The Hall–Kier alpha value is -3.26. The van der Waals surface area contributed by atoms with Crippen molar-refractivity contribution < 1.29 is 9.13 Å². The summed E-state index contributed by atoms with van der Waals surface area (Å²) < 4.78 is 19.7. The maximum absolute atomic E-state index is 14.5. The molecule has 0 fully saturated rings. The van der Waals surface area contributed by atoms with Crippen molar-refractivity contribution in [3.8, 4) is 22.5 Å². The van der Waals surface area contributed by atoms with Crippen LogP contribution in [-0.4, -0.2) is 52.2 Å². The Bertz CT molecular complexity index is 1080. The Morgan fingerprint density at radius 1 is 1.14 bits per heavy atom. The van der Waals surface area contributed by atoms with Gasteiger partial charge < -0.3 is 9.64 Å². The van der Waals surface area contributed by atoms with Gasteiger partial charge in [-0.25, -0.2) is 9.37 Å². The van der Waals surface area contributed by atoms with Crippen LogP contribution in [0.15, 0.2) is 42.7 Å². The van der Waals surface area contributed by atoms with Crippen molar-refractivity contribution in [1.82, 2.24) is 25.4 Å². The van der Waals surface area contributed by atoms with E-state index in [1.54, 1.807) is 31.6 Å². The van der Waals surface area contributed by atoms with E-state index in [1.165, 1.54) is 6.07 Å². The van der Waals surface area contributed by atoms with Gasteiger partial charge in [0, 0.05) is 55.2 Å². The van der Waals surface area contributed by atoms with Crippen LogP contribution in [-0.2, 0) is 4.74 Å². The molecule has 0 spiro atoms. The van der Waals surface area contributed by atoms with Gasteiger partial charge in [0.25, 0.3) is 0 Å². The van der Waals surface area contributed by atoms with Crippen LogP contribution in [0, 0.1) is 5.82 Å². The minimum absolute atomic E-state index is 0.334. The first-order chi connectivity index (χ1) is 13.7. The van der Waals surface area contributed by atoms with E-state index < -0.39 is 0 Å². The highest BCUT2D eigenvalue weighted by atomic mass is 19.1. The topological polar surface area (TPSA) is 82.7 Å². The van der Waals surface area contributed by atoms with E-state index >= 15 is 0 Å². The van der Waals surface area contributed by atoms with E-state index in [4.69, 9.17) is 4.74 Å². The molecule has 4 aromatic rings. The van der Waals surface area contributed by atoms with Crippen LogP contribution in [0.3, 0.4) is 0 Å². The molecule has 0 saturated carbocycles. The number of nitrogens with zero attached hydrogens (tertiary/aromatic N) is 4. The summed E-state index contributed by atoms with van der Waals surface area (Å²) in [6.07, 6.45) is 3.36. The van der Waals surface area contributed by atoms with Crippen LogP contribution in [0.25, 0.3) is 33.4 Å². The van der Waals surface area contributed by atoms with Gasteiger partial charge in [0.2, 0.25) is 0 Å². The number of likely N-dealkylation sites (N-methyl/N-ethyl adjacent to an activating group) is 1. The fourth-order valence-corrected chi connectivity index (χ4v) is 3.25. The monoisotopic (exact) mass is 380 g/mol. The first-order valence-corrected chi connectivity index (χ1v) is 9.09. The van der Waals surface area contributed by atoms with E-state index in [2.05, 4.69) is 37.2 Å². The zero-order valence-corrected chi connectivity index (χ0v) is 15.7. The average molecular weight is 380 g/mol. The van der Waals surface area contributed by atoms with Gasteiger partial charge in [0.15, 0.2) is 0 Å². The maximum Gasteiger partial charge on any atom is 0.134 e. The van der Waals surface area contributed by atoms with E-state index in [-0.39, 0.29) is 5.82 Å². The van der Waals surface area contributed by atoms with Gasteiger partial charge in [-0.2, -0.15) is 10.2 Å². The summed E-state index contributed by atoms with van der Waals surface area (Å²) in [4.78, 5) is 6.62. The molecule has 2 N–H and O–H groups in total. The molecule has 1 aromatic carbocycles. The Morgan fingerprint density at radius 3 is 2.79 bits per heavy atom. The zero-order valence-electron chi connectivity index (χ0n) is 15.7. The molecule has 7 nitrogen and oxygen atoms in total. The number of methoxy groups -OCH3 is 1. The fourth-order valence-electron chi connectivity index (χ4n) is 3.25. The number of ether oxygens (including phenoxy) is 1. The highest BCUT2D eigenvalue weighted by molar-refractivity contribution is 5.95. The number of aromatic amines is 2. The third-order valence-electron chi connectivity index (χ3n) is 4.73. The SMILES string of the molecule is CCN(CCOC)c1cc(-c2n[nH]c3cc(F)c(-c4ccn[nH]4)cc23)ccn1. The van der Waals surface area contributed by atoms with Crippen molar-refractivity contribution in [3.05, 3.63) is 48.5 Å². The number of rotatable bonds is 7. The van der Waals surface area contributed by atoms with Crippen LogP contribution in [0.5, 0.6) is 0 Å². The lowest BCUT2D eigenvalue weighted by Crippen LogP contribution is -2.27. The van der Waals surface area contributed by atoms with Crippen molar-refractivity contribution in [2.45, 2.75) is 6.92 Å². The molecule has 3 heterocycles. The highest BCUT2D eigenvalue weighted by Crippen LogP contribution is 2.32. The number of halogens is 1. The molecule has 0 amide bonds. The molecular formula is C20H21FN6O. The number of nitrogens with one attached hydrogen (secondary N) is 2. The Balaban J connectivity index is 1.77. The first kappa shape index (κ1) is 18.1. The van der Waals surface area contributed by atoms with Crippen LogP contribution < -0.4 is 4.90 Å². The van der Waals surface area contributed by atoms with Crippen LogP contribution >= 0.6 is 0 Å². The quantitative estimate of drug-likeness (QED) is 0.512. The van der Waals surface area contributed by atoms with Crippen molar-refractivity contribution in [3.63, 3.8) is 0 Å². The molecule has 3 aromatic heterocycles. The third-order valence-corrected chi connectivity index (χ3v) is 4.73. The summed E-state index contributed by atoms with van der Waals surface area (Å²) in [5.74, 6) is 0.517. The van der Waals surface area contributed by atoms with Crippen molar-refractivity contribution in [2.75, 3.05) is 31.7 Å². The summed E-state index contributed by atoms with van der Waals surface area (Å²) in [6, 6.07) is 8.89. The lowest BCUT2D eigenvalue weighted by atomic mass is 10.0. The smallest absolute Gasteiger partial charge is 0.134 e. The van der Waals surface area contributed by atoms with Crippen LogP contribution in [0.1, 0.15) is 6.92 Å². The lowest BCUT2D eigenvalue weighted by Gasteiger charge is -2.21. The second-order valence-electron chi connectivity index (χ2n) is 6.40. The standard InChI is InChI=1S/C20H21FN6O/c1-3-27(8-9-28-2)19-10-13(4-6-22-19)20-15-11-14(17-5-7-23-24-17)16(21)12-18(15)25-26-20/h4-7,10-12H,3,8-9H2,1-2H3,(H,23,24)(H,25,26). The molecule has 144 valence electrons. The van der Waals surface area contributed by atoms with E-state index in [0.29, 0.717) is 23.4 Å². The highest BCUT2D eigenvalue weighted by Gasteiger charge is 2.15. The summed E-state index contributed by atoms with van der Waals surface area (Å²) in [5.41, 5.74) is 3.38. The van der Waals surface area contributed by atoms with Gasteiger partial charge in [-0.1, -0.05) is 0 Å². The van der Waals surface area contributed by atoms with Crippen molar-refractivity contribution >= 4 is 16.7 Å². The van der Waals surface area contributed by atoms with Crippen molar-refractivity contribution in [1.29, 1.82) is 0 Å². The first-order valence-electron chi connectivity index (χ1n) is 9.09. The molecule has 8 heteroatoms. The number of pyridine rings is 1. The van der Waals surface area contributed by atoms with E-state index in [9.17, 15) is 4.39 Å². The maximum atomic E-state index is 14.5. The molecule has 4 rings (SSSR count). The molecule has 0 bridgehead atoms. The van der Waals surface area contributed by atoms with Crippen molar-refractivity contribution in [2.24, 2.45) is 0 Å². The van der Waals surface area contributed by atoms with Gasteiger partial charge in [-0.05, 0) is 31.2 Å². The Labute approximate surface area is 161 Å². The average Bonchev–Trinajstić information content (AvgIpc) is 3.38. The molecule has 28 heavy (non-hydrogen) atoms. The van der Waals surface area contributed by atoms with Gasteiger partial charge in [0.05, 0.1) is 17.8 Å². The Morgan fingerprint density at radius 2 is 2.04 bits per heavy atom. The van der Waals surface area contributed by atoms with E-state index in [1.807, 2.05) is 12.1 Å². The molecule has 0 atom stereocenters. The minimum Gasteiger partial charge on any atom is -0.383 e. The van der Waals surface area contributed by atoms with Crippen LogP contribution in [0.4, 0.5) is 10.2 Å². The number of fused-ring (bicyclic) bond motifs is 1. The summed E-state index contributed by atoms with van der Waals surface area (Å²) in [5, 5.41) is 14.9. The Kier molecular flexibility index (Phi) is 5.03. The minimum atomic E-state index is -0.334. The fraction of sp³-hybridized carbons (Fsp3) is 0.250. The predicted octanol–water partition coefficient (Wildman–Crippen LogP) is 3.63. The number of hydrogen-bond acceptors (Lipinski definition) is 5. The van der Waals surface area contributed by atoms with Gasteiger partial charge in [-0.15, -0.1) is 0 Å². The molecule has 0 aliphatic heterocycles. The number of hydrogen-bond donors (Lipinski definition) is 2. The second kappa shape index (κ2) is 7.77. The van der Waals surface area contributed by atoms with Gasteiger partial charge in [-0.3, -0.25) is 10.2 Å². The normalized spacial score (nSPS) is 11.2. The molecular weight excluding hydrogens is 359 g/mol. The van der Waals surface area contributed by atoms with Gasteiger partial charge in [0.1, 0.15) is 17.3 Å². The van der Waals surface area contributed by atoms with Crippen LogP contribution in [0.2, 0.25) is 0 Å². The van der Waals surface area contributed by atoms with E-state index in [0.717, 1.165) is 35.6 Å². The zero-order chi connectivity index (χ0) is 19.5. The predicted molar refractivity (Wildman–Crippen MR) is 107 cm³/mol. The molecule has 0 aliphatic rings. The number of benzene rings is 1. The van der Waals surface area contributed by atoms with Gasteiger partial charge >= 0.3 is 0 Å². The lowest BCUT2D eigenvalue weighted by molar-refractivity contribution is 0.205. The third kappa shape index (κ3) is 3.34. The summed E-state index contributed by atoms with van der Waals surface area (Å²) in [7, 11) is 1.68. The molecule has 0 aliphatic carbocycles. The number of H-pyrrole nitrogens is 2. The number of aromatic nitrogens is 5. The molecule has 0 saturated heterocycles.